The molecular weight excluding hydrogens is 442 g/mol. The van der Waals surface area contributed by atoms with Crippen LogP contribution in [0.1, 0.15) is 62.3 Å². The van der Waals surface area contributed by atoms with Crippen molar-refractivity contribution in [2.75, 3.05) is 20.8 Å². The van der Waals surface area contributed by atoms with Crippen molar-refractivity contribution in [3.8, 4) is 11.5 Å². The van der Waals surface area contributed by atoms with Gasteiger partial charge < -0.3 is 19.5 Å². The lowest BCUT2D eigenvalue weighted by Gasteiger charge is -2.25. The third-order valence-corrected chi connectivity index (χ3v) is 6.24. The Morgan fingerprint density at radius 1 is 1.09 bits per heavy atom. The number of unbranched alkanes of at least 4 members (excludes halogenated alkanes) is 1. The van der Waals surface area contributed by atoms with E-state index in [2.05, 4.69) is 13.8 Å². The van der Waals surface area contributed by atoms with Gasteiger partial charge in [-0.1, -0.05) is 63.1 Å². The van der Waals surface area contributed by atoms with Crippen molar-refractivity contribution in [1.82, 2.24) is 4.90 Å². The summed E-state index contributed by atoms with van der Waals surface area (Å²) in [5.41, 5.74) is 2.15. The van der Waals surface area contributed by atoms with E-state index in [1.807, 2.05) is 31.2 Å². The molecular formula is C26H30ClNO5. The molecule has 2 aromatic carbocycles. The van der Waals surface area contributed by atoms with Crippen LogP contribution in [0.5, 0.6) is 11.5 Å². The van der Waals surface area contributed by atoms with Crippen LogP contribution >= 0.6 is 11.6 Å². The molecule has 3 rings (SSSR count). The number of benzene rings is 2. The van der Waals surface area contributed by atoms with Gasteiger partial charge in [-0.05, 0) is 29.5 Å². The molecule has 1 heterocycles. The number of carbonyl (C=O) groups excluding carboxylic acids is 2. The summed E-state index contributed by atoms with van der Waals surface area (Å²) >= 11 is 6.30. The summed E-state index contributed by atoms with van der Waals surface area (Å²) < 4.78 is 10.6. The second-order valence-corrected chi connectivity index (χ2v) is 8.76. The fraction of sp³-hybridized carbons (Fsp3) is 0.385. The second-order valence-electron chi connectivity index (χ2n) is 8.35. The predicted octanol–water partition coefficient (Wildman–Crippen LogP) is 5.70. The highest BCUT2D eigenvalue weighted by Gasteiger charge is 2.46. The van der Waals surface area contributed by atoms with Crippen LogP contribution in [-0.2, 0) is 9.59 Å². The summed E-state index contributed by atoms with van der Waals surface area (Å²) in [7, 11) is 2.92. The van der Waals surface area contributed by atoms with E-state index in [0.29, 0.717) is 18.2 Å². The Labute approximate surface area is 199 Å². The zero-order valence-electron chi connectivity index (χ0n) is 19.6. The van der Waals surface area contributed by atoms with E-state index < -0.39 is 17.7 Å². The smallest absolute Gasteiger partial charge is 0.295 e. The number of hydrogen-bond acceptors (Lipinski definition) is 5. The normalized spacial score (nSPS) is 17.7. The summed E-state index contributed by atoms with van der Waals surface area (Å²) in [6, 6.07) is 10.1. The van der Waals surface area contributed by atoms with E-state index in [4.69, 9.17) is 21.1 Å². The molecule has 33 heavy (non-hydrogen) atoms. The van der Waals surface area contributed by atoms with Gasteiger partial charge in [0.15, 0.2) is 0 Å². The number of hydrogen-bond donors (Lipinski definition) is 1. The molecule has 0 aromatic heterocycles. The summed E-state index contributed by atoms with van der Waals surface area (Å²) in [5, 5.41) is 11.6. The fourth-order valence-electron chi connectivity index (χ4n) is 4.04. The van der Waals surface area contributed by atoms with Crippen LogP contribution in [0, 0.1) is 0 Å². The quantitative estimate of drug-likeness (QED) is 0.303. The number of ether oxygens (including phenoxy) is 2. The number of methoxy groups -OCH3 is 2. The third kappa shape index (κ3) is 4.71. The topological polar surface area (TPSA) is 76.1 Å². The van der Waals surface area contributed by atoms with Crippen LogP contribution in [-0.4, -0.2) is 42.5 Å². The number of nitrogens with zero attached hydrogens (tertiary/aromatic N) is 1. The van der Waals surface area contributed by atoms with Gasteiger partial charge in [-0.2, -0.15) is 0 Å². The summed E-state index contributed by atoms with van der Waals surface area (Å²) in [6.45, 7) is 6.63. The lowest BCUT2D eigenvalue weighted by Crippen LogP contribution is -2.30. The highest BCUT2D eigenvalue weighted by atomic mass is 35.5. The average molecular weight is 472 g/mol. The maximum absolute atomic E-state index is 13.2. The SMILES string of the molecule is CCCCN1C(=O)C(=O)/C(=C(/O)c2cc(Cl)c(OC)cc2OC)C1c1ccc(C(C)C)cc1. The van der Waals surface area contributed by atoms with E-state index in [9.17, 15) is 14.7 Å². The van der Waals surface area contributed by atoms with Crippen molar-refractivity contribution in [3.63, 3.8) is 0 Å². The van der Waals surface area contributed by atoms with E-state index in [0.717, 1.165) is 24.0 Å². The zero-order chi connectivity index (χ0) is 24.3. The first-order valence-corrected chi connectivity index (χ1v) is 11.4. The molecule has 1 N–H and O–H groups in total. The van der Waals surface area contributed by atoms with Crippen LogP contribution in [0.4, 0.5) is 0 Å². The maximum Gasteiger partial charge on any atom is 0.295 e. The number of Topliss-reactive ketones (excluding diaryl/α,β-unsaturated/α-hetero) is 1. The minimum absolute atomic E-state index is 0.0212. The monoisotopic (exact) mass is 471 g/mol. The Bertz CT molecular complexity index is 1070. The number of likely N-dealkylation sites (tertiary alicyclic amines) is 1. The van der Waals surface area contributed by atoms with E-state index in [-0.39, 0.29) is 27.7 Å². The number of aliphatic hydroxyl groups excluding tert-OH is 1. The van der Waals surface area contributed by atoms with Crippen molar-refractivity contribution >= 4 is 29.1 Å². The van der Waals surface area contributed by atoms with Crippen molar-refractivity contribution in [2.24, 2.45) is 0 Å². The summed E-state index contributed by atoms with van der Waals surface area (Å²) in [4.78, 5) is 27.7. The Morgan fingerprint density at radius 3 is 2.27 bits per heavy atom. The second kappa shape index (κ2) is 10.3. The van der Waals surface area contributed by atoms with Gasteiger partial charge in [-0.3, -0.25) is 9.59 Å². The number of aliphatic hydroxyl groups is 1. The lowest BCUT2D eigenvalue weighted by molar-refractivity contribution is -0.139. The van der Waals surface area contributed by atoms with Crippen LogP contribution in [0.3, 0.4) is 0 Å². The molecule has 1 amide bonds. The maximum atomic E-state index is 13.2. The molecule has 0 radical (unpaired) electrons. The standard InChI is InChI=1S/C26H30ClNO5/c1-6-7-12-28-23(17-10-8-16(9-11-17)15(2)3)22(25(30)26(28)31)24(29)18-13-19(27)21(33-5)14-20(18)32-4/h8-11,13-15,23,29H,6-7,12H2,1-5H3/b24-22+. The van der Waals surface area contributed by atoms with Crippen molar-refractivity contribution in [2.45, 2.75) is 45.6 Å². The molecule has 0 bridgehead atoms. The summed E-state index contributed by atoms with van der Waals surface area (Å²) in [6.07, 6.45) is 1.61. The number of amides is 1. The van der Waals surface area contributed by atoms with Gasteiger partial charge in [0.1, 0.15) is 17.3 Å². The lowest BCUT2D eigenvalue weighted by atomic mass is 9.93. The molecule has 0 aliphatic carbocycles. The Kier molecular flexibility index (Phi) is 7.69. The molecule has 2 aromatic rings. The molecule has 0 saturated carbocycles. The van der Waals surface area contributed by atoms with Crippen LogP contribution in [0.25, 0.3) is 5.76 Å². The Hall–Kier alpha value is -2.99. The van der Waals surface area contributed by atoms with Gasteiger partial charge in [0.2, 0.25) is 0 Å². The minimum atomic E-state index is -0.726. The Balaban J connectivity index is 2.22. The van der Waals surface area contributed by atoms with Gasteiger partial charge in [0, 0.05) is 12.6 Å². The molecule has 1 saturated heterocycles. The largest absolute Gasteiger partial charge is 0.507 e. The van der Waals surface area contributed by atoms with Gasteiger partial charge in [-0.25, -0.2) is 0 Å². The van der Waals surface area contributed by atoms with E-state index in [1.54, 1.807) is 4.90 Å². The zero-order valence-corrected chi connectivity index (χ0v) is 20.4. The van der Waals surface area contributed by atoms with Crippen molar-refractivity contribution in [1.29, 1.82) is 0 Å². The molecule has 176 valence electrons. The molecule has 1 atom stereocenters. The molecule has 0 spiro atoms. The molecule has 1 aliphatic rings. The predicted molar refractivity (Wildman–Crippen MR) is 129 cm³/mol. The van der Waals surface area contributed by atoms with Gasteiger partial charge in [-0.15, -0.1) is 0 Å². The van der Waals surface area contributed by atoms with Crippen LogP contribution in [0.15, 0.2) is 42.0 Å². The van der Waals surface area contributed by atoms with Crippen molar-refractivity contribution in [3.05, 3.63) is 63.7 Å². The third-order valence-electron chi connectivity index (χ3n) is 5.94. The molecule has 6 nitrogen and oxygen atoms in total. The fourth-order valence-corrected chi connectivity index (χ4v) is 4.28. The minimum Gasteiger partial charge on any atom is -0.507 e. The van der Waals surface area contributed by atoms with Gasteiger partial charge in [0.05, 0.1) is 36.4 Å². The van der Waals surface area contributed by atoms with Crippen LogP contribution in [0.2, 0.25) is 5.02 Å². The molecule has 1 unspecified atom stereocenters. The molecule has 1 aliphatic heterocycles. The highest BCUT2D eigenvalue weighted by molar-refractivity contribution is 6.46. The summed E-state index contributed by atoms with van der Waals surface area (Å²) in [5.74, 6) is -0.684. The molecule has 7 heteroatoms. The first-order valence-electron chi connectivity index (χ1n) is 11.0. The number of ketones is 1. The van der Waals surface area contributed by atoms with E-state index >= 15 is 0 Å². The first kappa shape index (κ1) is 24.6. The van der Waals surface area contributed by atoms with Crippen molar-refractivity contribution < 1.29 is 24.2 Å². The Morgan fingerprint density at radius 2 is 1.73 bits per heavy atom. The number of halogens is 1. The van der Waals surface area contributed by atoms with Crippen LogP contribution < -0.4 is 9.47 Å². The van der Waals surface area contributed by atoms with Gasteiger partial charge >= 0.3 is 0 Å². The number of carbonyl (C=O) groups is 2. The van der Waals surface area contributed by atoms with E-state index in [1.165, 1.54) is 26.4 Å². The first-order chi connectivity index (χ1) is 15.7. The number of rotatable bonds is 8. The highest BCUT2D eigenvalue weighted by Crippen LogP contribution is 2.43. The van der Waals surface area contributed by atoms with Gasteiger partial charge in [0.25, 0.3) is 11.7 Å². The molecule has 1 fully saturated rings. The average Bonchev–Trinajstić information content (AvgIpc) is 3.06.